The summed E-state index contributed by atoms with van der Waals surface area (Å²) in [4.78, 5) is 15.6. The molecule has 1 aliphatic rings. The maximum absolute atomic E-state index is 12.4. The highest BCUT2D eigenvalue weighted by molar-refractivity contribution is 7.10. The highest BCUT2D eigenvalue weighted by Gasteiger charge is 2.29. The average molecular weight is 277 g/mol. The lowest BCUT2D eigenvalue weighted by atomic mass is 10.1. The second-order valence-corrected chi connectivity index (χ2v) is 6.37. The molecular formula is C14H15NOS2. The number of nitrogens with zero attached hydrogens (tertiary/aromatic N) is 1. The van der Waals surface area contributed by atoms with E-state index >= 15 is 0 Å². The van der Waals surface area contributed by atoms with Gasteiger partial charge in [0.2, 0.25) is 5.91 Å². The average Bonchev–Trinajstić information content (AvgIpc) is 3.11. The normalized spacial score (nSPS) is 19.3. The molecule has 1 fully saturated rings. The largest absolute Gasteiger partial charge is 0.335 e. The van der Waals surface area contributed by atoms with Gasteiger partial charge in [0, 0.05) is 11.4 Å². The lowest BCUT2D eigenvalue weighted by molar-refractivity contribution is -0.131. The predicted octanol–water partition coefficient (Wildman–Crippen LogP) is 3.72. The first kappa shape index (κ1) is 11.9. The van der Waals surface area contributed by atoms with Gasteiger partial charge in [-0.25, -0.2) is 0 Å². The summed E-state index contributed by atoms with van der Waals surface area (Å²) in [5.41, 5.74) is 1.30. The van der Waals surface area contributed by atoms with Gasteiger partial charge in [0.15, 0.2) is 0 Å². The van der Waals surface area contributed by atoms with Crippen LogP contribution >= 0.6 is 22.7 Å². The second kappa shape index (κ2) is 5.24. The summed E-state index contributed by atoms with van der Waals surface area (Å²) in [6, 6.07) is 6.50. The summed E-state index contributed by atoms with van der Waals surface area (Å²) in [6.07, 6.45) is 2.78. The minimum absolute atomic E-state index is 0.270. The van der Waals surface area contributed by atoms with Gasteiger partial charge in [0.1, 0.15) is 0 Å². The van der Waals surface area contributed by atoms with Crippen LogP contribution in [-0.2, 0) is 11.2 Å². The summed E-state index contributed by atoms with van der Waals surface area (Å²) < 4.78 is 0. The van der Waals surface area contributed by atoms with Gasteiger partial charge in [-0.1, -0.05) is 6.07 Å². The molecular weight excluding hydrogens is 262 g/mol. The van der Waals surface area contributed by atoms with Crippen LogP contribution in [-0.4, -0.2) is 17.4 Å². The first-order valence-corrected chi connectivity index (χ1v) is 8.01. The molecule has 1 amide bonds. The van der Waals surface area contributed by atoms with Crippen LogP contribution in [0, 0.1) is 0 Å². The van der Waals surface area contributed by atoms with Crippen LogP contribution in [0.3, 0.4) is 0 Å². The molecule has 3 heterocycles. The number of likely N-dealkylation sites (tertiary alicyclic amines) is 1. The Morgan fingerprint density at radius 2 is 2.33 bits per heavy atom. The Morgan fingerprint density at radius 1 is 1.39 bits per heavy atom. The summed E-state index contributed by atoms with van der Waals surface area (Å²) in [5.74, 6) is 0.270. The van der Waals surface area contributed by atoms with Crippen LogP contribution < -0.4 is 0 Å². The zero-order chi connectivity index (χ0) is 12.4. The highest BCUT2D eigenvalue weighted by atomic mass is 32.1. The van der Waals surface area contributed by atoms with Crippen LogP contribution in [0.2, 0.25) is 0 Å². The molecule has 2 aromatic heterocycles. The number of rotatable bonds is 3. The highest BCUT2D eigenvalue weighted by Crippen LogP contribution is 2.33. The summed E-state index contributed by atoms with van der Waals surface area (Å²) >= 11 is 3.37. The number of thiophene rings is 2. The second-order valence-electron chi connectivity index (χ2n) is 4.56. The van der Waals surface area contributed by atoms with E-state index in [0.717, 1.165) is 24.3 Å². The molecule has 3 rings (SSSR count). The third-order valence-corrected chi connectivity index (χ3v) is 4.98. The molecule has 2 aromatic rings. The van der Waals surface area contributed by atoms with Crippen LogP contribution in [0.5, 0.6) is 0 Å². The van der Waals surface area contributed by atoms with Crippen LogP contribution in [0.4, 0.5) is 0 Å². The van der Waals surface area contributed by atoms with Crippen molar-refractivity contribution in [3.63, 3.8) is 0 Å². The molecule has 0 unspecified atom stereocenters. The number of hydrogen-bond donors (Lipinski definition) is 0. The van der Waals surface area contributed by atoms with Gasteiger partial charge < -0.3 is 4.90 Å². The third-order valence-electron chi connectivity index (χ3n) is 3.41. The smallest absolute Gasteiger partial charge is 0.228 e. The van der Waals surface area contributed by atoms with Gasteiger partial charge in [-0.15, -0.1) is 11.3 Å². The van der Waals surface area contributed by atoms with Gasteiger partial charge in [0.05, 0.1) is 12.5 Å². The Kier molecular flexibility index (Phi) is 3.48. The van der Waals surface area contributed by atoms with E-state index in [1.807, 2.05) is 17.5 Å². The minimum atomic E-state index is 0.270. The molecule has 2 nitrogen and oxygen atoms in total. The van der Waals surface area contributed by atoms with E-state index in [2.05, 4.69) is 21.7 Å². The Bertz CT molecular complexity index is 504. The van der Waals surface area contributed by atoms with E-state index in [9.17, 15) is 4.79 Å². The first-order valence-electron chi connectivity index (χ1n) is 6.18. The molecule has 18 heavy (non-hydrogen) atoms. The molecule has 1 saturated heterocycles. The van der Waals surface area contributed by atoms with Crippen molar-refractivity contribution in [3.8, 4) is 0 Å². The van der Waals surface area contributed by atoms with E-state index in [1.54, 1.807) is 22.7 Å². The van der Waals surface area contributed by atoms with E-state index < -0.39 is 0 Å². The molecule has 4 heteroatoms. The predicted molar refractivity (Wildman–Crippen MR) is 76.0 cm³/mol. The maximum atomic E-state index is 12.4. The van der Waals surface area contributed by atoms with Crippen molar-refractivity contribution in [1.29, 1.82) is 0 Å². The molecule has 1 aliphatic heterocycles. The van der Waals surface area contributed by atoms with E-state index in [0.29, 0.717) is 12.5 Å². The number of hydrogen-bond acceptors (Lipinski definition) is 3. The summed E-state index contributed by atoms with van der Waals surface area (Å²) in [7, 11) is 0. The van der Waals surface area contributed by atoms with E-state index in [-0.39, 0.29) is 5.91 Å². The quantitative estimate of drug-likeness (QED) is 0.837. The fraction of sp³-hybridized carbons (Fsp3) is 0.357. The van der Waals surface area contributed by atoms with Crippen LogP contribution in [0.25, 0.3) is 0 Å². The fourth-order valence-electron chi connectivity index (χ4n) is 2.54. The minimum Gasteiger partial charge on any atom is -0.335 e. The van der Waals surface area contributed by atoms with Crippen LogP contribution in [0.1, 0.15) is 29.3 Å². The van der Waals surface area contributed by atoms with Gasteiger partial charge in [-0.3, -0.25) is 4.79 Å². The van der Waals surface area contributed by atoms with Crippen molar-refractivity contribution in [2.75, 3.05) is 6.54 Å². The van der Waals surface area contributed by atoms with Crippen molar-refractivity contribution >= 4 is 28.6 Å². The topological polar surface area (TPSA) is 20.3 Å². The van der Waals surface area contributed by atoms with Crippen molar-refractivity contribution in [3.05, 3.63) is 44.8 Å². The lowest BCUT2D eigenvalue weighted by Crippen LogP contribution is -2.31. The first-order chi connectivity index (χ1) is 8.84. The van der Waals surface area contributed by atoms with Crippen molar-refractivity contribution in [2.45, 2.75) is 25.3 Å². The molecule has 94 valence electrons. The van der Waals surface area contributed by atoms with Gasteiger partial charge >= 0.3 is 0 Å². The van der Waals surface area contributed by atoms with E-state index in [1.165, 1.54) is 5.56 Å². The summed E-state index contributed by atoms with van der Waals surface area (Å²) in [6.45, 7) is 0.907. The van der Waals surface area contributed by atoms with Crippen molar-refractivity contribution < 1.29 is 4.79 Å². The van der Waals surface area contributed by atoms with Crippen LogP contribution in [0.15, 0.2) is 34.3 Å². The molecule has 0 spiro atoms. The van der Waals surface area contributed by atoms with Crippen molar-refractivity contribution in [2.24, 2.45) is 0 Å². The van der Waals surface area contributed by atoms with E-state index in [4.69, 9.17) is 0 Å². The Morgan fingerprint density at radius 3 is 3.06 bits per heavy atom. The number of carbonyl (C=O) groups is 1. The monoisotopic (exact) mass is 277 g/mol. The standard InChI is InChI=1S/C14H15NOS2/c16-14(9-12-3-2-7-18-12)15-6-1-4-13(15)11-5-8-17-10-11/h2-3,5,7-8,10,13H,1,4,6,9H2/t13-/m1/s1. The summed E-state index contributed by atoms with van der Waals surface area (Å²) in [5, 5.41) is 6.29. The number of amides is 1. The Labute approximate surface area is 115 Å². The van der Waals surface area contributed by atoms with Crippen molar-refractivity contribution in [1.82, 2.24) is 4.90 Å². The molecule has 0 aliphatic carbocycles. The fourth-order valence-corrected chi connectivity index (χ4v) is 3.94. The molecule has 0 bridgehead atoms. The number of carbonyl (C=O) groups excluding carboxylic acids is 1. The molecule has 0 N–H and O–H groups in total. The zero-order valence-electron chi connectivity index (χ0n) is 10.0. The lowest BCUT2D eigenvalue weighted by Gasteiger charge is -2.24. The molecule has 0 radical (unpaired) electrons. The SMILES string of the molecule is O=C(Cc1cccs1)N1CCC[C@@H]1c1ccsc1. The van der Waals surface area contributed by atoms with Gasteiger partial charge in [0.25, 0.3) is 0 Å². The zero-order valence-corrected chi connectivity index (χ0v) is 11.7. The van der Waals surface area contributed by atoms with Gasteiger partial charge in [-0.2, -0.15) is 11.3 Å². The molecule has 0 aromatic carbocycles. The third kappa shape index (κ3) is 2.35. The Hall–Kier alpha value is -1.13. The maximum Gasteiger partial charge on any atom is 0.228 e. The Balaban J connectivity index is 1.73. The van der Waals surface area contributed by atoms with Gasteiger partial charge in [-0.05, 0) is 46.7 Å². The molecule has 0 saturated carbocycles. The molecule has 1 atom stereocenters.